The average Bonchev–Trinajstić information content (AvgIpc) is 3.07. The third-order valence-electron chi connectivity index (χ3n) is 3.17. The first-order chi connectivity index (χ1) is 8.14. The number of nitrogens with zero attached hydrogens (tertiary/aromatic N) is 1. The number of ether oxygens (including phenoxy) is 2. The van der Waals surface area contributed by atoms with E-state index in [-0.39, 0.29) is 30.9 Å². The number of esters is 1. The molecule has 1 N–H and O–H groups in total. The summed E-state index contributed by atoms with van der Waals surface area (Å²) in [5.74, 6) is -0.549. The van der Waals surface area contributed by atoms with E-state index in [0.717, 1.165) is 0 Å². The van der Waals surface area contributed by atoms with Gasteiger partial charge in [0.15, 0.2) is 11.8 Å². The Morgan fingerprint density at radius 3 is 3.35 bits per heavy atom. The van der Waals surface area contributed by atoms with E-state index in [1.807, 2.05) is 0 Å². The molecule has 0 amide bonds. The van der Waals surface area contributed by atoms with Crippen LogP contribution in [0.5, 0.6) is 0 Å². The van der Waals surface area contributed by atoms with Crippen LogP contribution in [0.1, 0.15) is 13.3 Å². The third kappa shape index (κ3) is 1.64. The molecule has 0 radical (unpaired) electrons. The van der Waals surface area contributed by atoms with Gasteiger partial charge in [0.25, 0.3) is 0 Å². The van der Waals surface area contributed by atoms with Crippen LogP contribution in [0.25, 0.3) is 0 Å². The maximum atomic E-state index is 11.5. The molecule has 3 aliphatic rings. The molecule has 3 rings (SSSR count). The molecule has 0 saturated carbocycles. The summed E-state index contributed by atoms with van der Waals surface area (Å²) >= 11 is 0. The average molecular weight is 239 g/mol. The van der Waals surface area contributed by atoms with Crippen molar-refractivity contribution in [3.05, 3.63) is 12.2 Å². The molecule has 6 heteroatoms. The topological polar surface area (TPSA) is 80.7 Å². The lowest BCUT2D eigenvalue weighted by atomic mass is 9.83. The van der Waals surface area contributed by atoms with Crippen molar-refractivity contribution in [2.24, 2.45) is 5.16 Å². The van der Waals surface area contributed by atoms with Crippen LogP contribution in [0, 0.1) is 0 Å². The van der Waals surface area contributed by atoms with Gasteiger partial charge in [0, 0.05) is 6.42 Å². The highest BCUT2D eigenvalue weighted by Gasteiger charge is 2.59. The van der Waals surface area contributed by atoms with Crippen molar-refractivity contribution >= 4 is 11.7 Å². The van der Waals surface area contributed by atoms with Crippen LogP contribution in [0.3, 0.4) is 0 Å². The Hall–Kier alpha value is -1.40. The van der Waals surface area contributed by atoms with Gasteiger partial charge >= 0.3 is 5.97 Å². The lowest BCUT2D eigenvalue weighted by Gasteiger charge is -2.35. The highest BCUT2D eigenvalue weighted by Crippen LogP contribution is 2.42. The third-order valence-corrected chi connectivity index (χ3v) is 3.17. The summed E-state index contributed by atoms with van der Waals surface area (Å²) in [6, 6.07) is 0. The molecule has 6 nitrogen and oxygen atoms in total. The normalized spacial score (nSPS) is 41.8. The van der Waals surface area contributed by atoms with Crippen LogP contribution in [-0.4, -0.2) is 47.3 Å². The fourth-order valence-corrected chi connectivity index (χ4v) is 2.23. The van der Waals surface area contributed by atoms with Crippen LogP contribution >= 0.6 is 0 Å². The molecular weight excluding hydrogens is 226 g/mol. The second-order valence-electron chi connectivity index (χ2n) is 4.38. The Bertz CT molecular complexity index is 418. The van der Waals surface area contributed by atoms with Crippen molar-refractivity contribution in [3.63, 3.8) is 0 Å². The Morgan fingerprint density at radius 2 is 2.59 bits per heavy atom. The van der Waals surface area contributed by atoms with Crippen LogP contribution in [-0.2, 0) is 19.1 Å². The van der Waals surface area contributed by atoms with Crippen molar-refractivity contribution in [2.45, 2.75) is 37.3 Å². The van der Waals surface area contributed by atoms with Gasteiger partial charge in [-0.3, -0.25) is 0 Å². The molecule has 0 unspecified atom stereocenters. The van der Waals surface area contributed by atoms with Crippen molar-refractivity contribution in [3.8, 4) is 0 Å². The smallest absolute Gasteiger partial charge is 0.356 e. The zero-order valence-electron chi connectivity index (χ0n) is 9.33. The fourth-order valence-electron chi connectivity index (χ4n) is 2.23. The summed E-state index contributed by atoms with van der Waals surface area (Å²) in [5, 5.41) is 14.1. The summed E-state index contributed by atoms with van der Waals surface area (Å²) < 4.78 is 10.1. The number of hydrogen-bond acceptors (Lipinski definition) is 6. The fraction of sp³-hybridized carbons (Fsp3) is 0.636. The minimum absolute atomic E-state index is 0.0135. The molecule has 1 aliphatic carbocycles. The maximum Gasteiger partial charge on any atom is 0.356 e. The summed E-state index contributed by atoms with van der Waals surface area (Å²) in [6.45, 7) is 1.98. The Balaban J connectivity index is 1.81. The molecule has 0 spiro atoms. The first kappa shape index (κ1) is 10.7. The molecule has 0 bridgehead atoms. The summed E-state index contributed by atoms with van der Waals surface area (Å²) in [4.78, 5) is 16.7. The van der Waals surface area contributed by atoms with Gasteiger partial charge in [-0.15, -0.1) is 0 Å². The van der Waals surface area contributed by atoms with E-state index in [9.17, 15) is 9.90 Å². The summed E-state index contributed by atoms with van der Waals surface area (Å²) in [6.07, 6.45) is 2.84. The Kier molecular flexibility index (Phi) is 2.24. The van der Waals surface area contributed by atoms with E-state index >= 15 is 0 Å². The first-order valence-corrected chi connectivity index (χ1v) is 5.61. The van der Waals surface area contributed by atoms with Crippen molar-refractivity contribution in [1.29, 1.82) is 0 Å². The van der Waals surface area contributed by atoms with Crippen molar-refractivity contribution in [2.75, 3.05) is 6.61 Å². The molecule has 1 fully saturated rings. The van der Waals surface area contributed by atoms with E-state index in [4.69, 9.17) is 14.3 Å². The summed E-state index contributed by atoms with van der Waals surface area (Å²) in [5.41, 5.74) is -1.11. The monoisotopic (exact) mass is 239 g/mol. The van der Waals surface area contributed by atoms with Crippen LogP contribution in [0.4, 0.5) is 0 Å². The predicted octanol–water partition coefficient (Wildman–Crippen LogP) is -0.237. The van der Waals surface area contributed by atoms with Gasteiger partial charge in [-0.25, -0.2) is 4.79 Å². The first-order valence-electron chi connectivity index (χ1n) is 5.61. The molecule has 0 aromatic rings. The molecule has 2 aliphatic heterocycles. The largest absolute Gasteiger partial charge is 0.461 e. The van der Waals surface area contributed by atoms with Gasteiger partial charge in [-0.05, 0) is 6.92 Å². The molecular formula is C11H13NO5. The van der Waals surface area contributed by atoms with Crippen molar-refractivity contribution in [1.82, 2.24) is 0 Å². The number of aliphatic hydroxyl groups is 1. The number of rotatable bonds is 2. The number of carbonyl (C=O) groups excluding carboxylic acids is 1. The molecule has 92 valence electrons. The molecule has 2 heterocycles. The van der Waals surface area contributed by atoms with Gasteiger partial charge in [0.05, 0.1) is 6.61 Å². The van der Waals surface area contributed by atoms with Crippen LogP contribution in [0.2, 0.25) is 0 Å². The number of epoxide rings is 1. The van der Waals surface area contributed by atoms with E-state index in [0.29, 0.717) is 0 Å². The van der Waals surface area contributed by atoms with E-state index in [1.54, 1.807) is 19.1 Å². The Morgan fingerprint density at radius 1 is 1.76 bits per heavy atom. The maximum absolute atomic E-state index is 11.5. The molecule has 0 aromatic carbocycles. The lowest BCUT2D eigenvalue weighted by molar-refractivity contribution is -0.138. The van der Waals surface area contributed by atoms with Gasteiger partial charge < -0.3 is 19.4 Å². The molecule has 1 saturated heterocycles. The minimum Gasteiger partial charge on any atom is -0.461 e. The quantitative estimate of drug-likeness (QED) is 0.409. The Labute approximate surface area is 97.8 Å². The molecule has 17 heavy (non-hydrogen) atoms. The van der Waals surface area contributed by atoms with E-state index in [1.165, 1.54) is 0 Å². The predicted molar refractivity (Wildman–Crippen MR) is 56.3 cm³/mol. The highest BCUT2D eigenvalue weighted by molar-refractivity contribution is 6.36. The van der Waals surface area contributed by atoms with Crippen molar-refractivity contribution < 1.29 is 24.2 Å². The highest BCUT2D eigenvalue weighted by atomic mass is 16.7. The SMILES string of the molecule is CCOC(=O)C1=NO[C@H]2[C@@H]3O[C@@H]3C=C[C@@]2(O)C1. The number of fused-ring (bicyclic) bond motifs is 3. The zero-order valence-corrected chi connectivity index (χ0v) is 9.33. The summed E-state index contributed by atoms with van der Waals surface area (Å²) in [7, 11) is 0. The van der Waals surface area contributed by atoms with Gasteiger partial charge in [0.2, 0.25) is 0 Å². The standard InChI is InChI=1S/C11H13NO5/c1-2-15-10(13)6-5-11(14)4-3-7-8(16-7)9(11)17-12-6/h3-4,7-9,14H,2,5H2,1H3/t7-,8-,9+,11-/m1/s1. The second-order valence-corrected chi connectivity index (χ2v) is 4.38. The van der Waals surface area contributed by atoms with Gasteiger partial charge in [0.1, 0.15) is 17.8 Å². The second kappa shape index (κ2) is 3.54. The molecule has 0 aromatic heterocycles. The number of hydrogen-bond donors (Lipinski definition) is 1. The molecule has 4 atom stereocenters. The van der Waals surface area contributed by atoms with Gasteiger partial charge in [-0.1, -0.05) is 17.3 Å². The number of oxime groups is 1. The van der Waals surface area contributed by atoms with E-state index < -0.39 is 17.7 Å². The van der Waals surface area contributed by atoms with Crippen LogP contribution in [0.15, 0.2) is 17.3 Å². The minimum atomic E-state index is -1.22. The lowest BCUT2D eigenvalue weighted by Crippen LogP contribution is -2.52. The van der Waals surface area contributed by atoms with E-state index in [2.05, 4.69) is 5.16 Å². The zero-order chi connectivity index (χ0) is 12.0. The number of carbonyl (C=O) groups is 1. The van der Waals surface area contributed by atoms with Gasteiger partial charge in [-0.2, -0.15) is 0 Å². The van der Waals surface area contributed by atoms with Crippen LogP contribution < -0.4 is 0 Å².